The van der Waals surface area contributed by atoms with Crippen LogP contribution >= 0.6 is 12.4 Å². The van der Waals surface area contributed by atoms with E-state index in [0.29, 0.717) is 22.6 Å². The first kappa shape index (κ1) is 19.4. The SMILES string of the molecule is CNCCC1CCN(C(=O)c2ccc3c(c2)C(=O)N(C)C3=O)CC1.Cl. The predicted octanol–water partition coefficient (Wildman–Crippen LogP) is 1.80. The third-order valence-electron chi connectivity index (χ3n) is 5.04. The topological polar surface area (TPSA) is 69.7 Å². The number of halogens is 1. The van der Waals surface area contributed by atoms with E-state index in [9.17, 15) is 14.4 Å². The van der Waals surface area contributed by atoms with Gasteiger partial charge in [-0.3, -0.25) is 19.3 Å². The van der Waals surface area contributed by atoms with Crippen LogP contribution in [0.1, 0.15) is 50.3 Å². The van der Waals surface area contributed by atoms with Gasteiger partial charge in [0.15, 0.2) is 0 Å². The van der Waals surface area contributed by atoms with Gasteiger partial charge in [-0.15, -0.1) is 12.4 Å². The van der Waals surface area contributed by atoms with Gasteiger partial charge in [0, 0.05) is 25.7 Å². The van der Waals surface area contributed by atoms with E-state index in [-0.39, 0.29) is 30.1 Å². The van der Waals surface area contributed by atoms with Gasteiger partial charge < -0.3 is 10.2 Å². The van der Waals surface area contributed by atoms with Gasteiger partial charge in [-0.25, -0.2) is 0 Å². The minimum absolute atomic E-state index is 0. The molecule has 1 fully saturated rings. The lowest BCUT2D eigenvalue weighted by atomic mass is 9.93. The summed E-state index contributed by atoms with van der Waals surface area (Å²) in [5.74, 6) is -0.0381. The maximum Gasteiger partial charge on any atom is 0.261 e. The van der Waals surface area contributed by atoms with Crippen molar-refractivity contribution in [3.8, 4) is 0 Å². The lowest BCUT2D eigenvalue weighted by molar-refractivity contribution is 0.0682. The molecule has 2 aliphatic heterocycles. The van der Waals surface area contributed by atoms with Crippen LogP contribution in [0, 0.1) is 5.92 Å². The summed E-state index contributed by atoms with van der Waals surface area (Å²) in [5, 5.41) is 3.17. The molecule has 6 nitrogen and oxygen atoms in total. The zero-order chi connectivity index (χ0) is 17.3. The van der Waals surface area contributed by atoms with Gasteiger partial charge in [0.2, 0.25) is 0 Å². The number of imide groups is 1. The van der Waals surface area contributed by atoms with Crippen molar-refractivity contribution in [3.63, 3.8) is 0 Å². The Hall–Kier alpha value is -1.92. The summed E-state index contributed by atoms with van der Waals surface area (Å²) in [7, 11) is 3.41. The maximum absolute atomic E-state index is 12.7. The minimum Gasteiger partial charge on any atom is -0.339 e. The third-order valence-corrected chi connectivity index (χ3v) is 5.04. The van der Waals surface area contributed by atoms with Gasteiger partial charge in [0.05, 0.1) is 11.1 Å². The van der Waals surface area contributed by atoms with Crippen LogP contribution in [-0.4, -0.2) is 61.3 Å². The Balaban J connectivity index is 0.00000225. The summed E-state index contributed by atoms with van der Waals surface area (Å²) in [5.41, 5.74) is 1.20. The van der Waals surface area contributed by atoms with Crippen molar-refractivity contribution in [2.24, 2.45) is 5.92 Å². The first-order valence-corrected chi connectivity index (χ1v) is 8.43. The number of fused-ring (bicyclic) bond motifs is 1. The average molecular weight is 366 g/mol. The molecule has 3 amide bonds. The van der Waals surface area contributed by atoms with E-state index < -0.39 is 0 Å². The molecule has 7 heteroatoms. The highest BCUT2D eigenvalue weighted by molar-refractivity contribution is 6.21. The number of piperidine rings is 1. The number of nitrogens with zero attached hydrogens (tertiary/aromatic N) is 2. The number of hydrogen-bond donors (Lipinski definition) is 1. The van der Waals surface area contributed by atoms with Crippen LogP contribution in [0.25, 0.3) is 0 Å². The molecule has 1 aromatic rings. The molecule has 0 aromatic heterocycles. The van der Waals surface area contributed by atoms with Crippen LogP contribution in [0.15, 0.2) is 18.2 Å². The fraction of sp³-hybridized carbons (Fsp3) is 0.500. The average Bonchev–Trinajstić information content (AvgIpc) is 2.84. The highest BCUT2D eigenvalue weighted by atomic mass is 35.5. The molecule has 0 bridgehead atoms. The van der Waals surface area contributed by atoms with Crippen LogP contribution in [0.4, 0.5) is 0 Å². The molecule has 3 rings (SSSR count). The second-order valence-electron chi connectivity index (χ2n) is 6.56. The van der Waals surface area contributed by atoms with E-state index in [1.807, 2.05) is 11.9 Å². The number of hydrogen-bond acceptors (Lipinski definition) is 4. The number of benzene rings is 1. The van der Waals surface area contributed by atoms with E-state index in [0.717, 1.165) is 43.8 Å². The molecule has 25 heavy (non-hydrogen) atoms. The summed E-state index contributed by atoms with van der Waals surface area (Å²) in [6.07, 6.45) is 3.16. The number of carbonyl (C=O) groups is 3. The lowest BCUT2D eigenvalue weighted by Gasteiger charge is -2.32. The van der Waals surface area contributed by atoms with E-state index in [1.54, 1.807) is 18.2 Å². The second-order valence-corrected chi connectivity index (χ2v) is 6.56. The van der Waals surface area contributed by atoms with Crippen molar-refractivity contribution >= 4 is 30.1 Å². The quantitative estimate of drug-likeness (QED) is 0.826. The van der Waals surface area contributed by atoms with Crippen LogP contribution in [-0.2, 0) is 0 Å². The molecule has 0 saturated carbocycles. The van der Waals surface area contributed by atoms with Crippen LogP contribution in [0.5, 0.6) is 0 Å². The predicted molar refractivity (Wildman–Crippen MR) is 97.3 cm³/mol. The number of amides is 3. The van der Waals surface area contributed by atoms with E-state index in [1.165, 1.54) is 7.05 Å². The Bertz CT molecular complexity index is 684. The summed E-state index contributed by atoms with van der Waals surface area (Å²) in [6.45, 7) is 2.50. The molecule has 136 valence electrons. The normalized spacial score (nSPS) is 17.5. The van der Waals surface area contributed by atoms with Crippen molar-refractivity contribution in [3.05, 3.63) is 34.9 Å². The highest BCUT2D eigenvalue weighted by Gasteiger charge is 2.34. The van der Waals surface area contributed by atoms with Crippen LogP contribution in [0.3, 0.4) is 0 Å². The highest BCUT2D eigenvalue weighted by Crippen LogP contribution is 2.25. The van der Waals surface area contributed by atoms with E-state index in [4.69, 9.17) is 0 Å². The molecule has 0 radical (unpaired) electrons. The fourth-order valence-electron chi connectivity index (χ4n) is 3.45. The molecular formula is C18H24ClN3O3. The Morgan fingerprint density at radius 3 is 2.44 bits per heavy atom. The smallest absolute Gasteiger partial charge is 0.261 e. The number of rotatable bonds is 4. The third kappa shape index (κ3) is 3.70. The van der Waals surface area contributed by atoms with Gasteiger partial charge in [-0.1, -0.05) is 0 Å². The summed E-state index contributed by atoms with van der Waals surface area (Å²) in [6, 6.07) is 4.80. The summed E-state index contributed by atoms with van der Waals surface area (Å²) in [4.78, 5) is 39.6. The zero-order valence-corrected chi connectivity index (χ0v) is 15.4. The molecular weight excluding hydrogens is 342 g/mol. The van der Waals surface area contributed by atoms with Crippen LogP contribution < -0.4 is 5.32 Å². The molecule has 2 heterocycles. The van der Waals surface area contributed by atoms with Gasteiger partial charge in [-0.2, -0.15) is 0 Å². The summed E-state index contributed by atoms with van der Waals surface area (Å²) >= 11 is 0. The molecule has 0 unspecified atom stereocenters. The molecule has 1 aromatic carbocycles. The first-order chi connectivity index (χ1) is 11.5. The molecule has 0 aliphatic carbocycles. The standard InChI is InChI=1S/C18H23N3O3.ClH/c1-19-8-5-12-6-9-21(10-7-12)16(22)13-3-4-14-15(11-13)18(24)20(2)17(14)23;/h3-4,11-12,19H,5-10H2,1-2H3;1H. The van der Waals surface area contributed by atoms with Crippen molar-refractivity contribution in [2.75, 3.05) is 33.7 Å². The molecule has 0 spiro atoms. The number of likely N-dealkylation sites (tertiary alicyclic amines) is 1. The Labute approximate surface area is 154 Å². The largest absolute Gasteiger partial charge is 0.339 e. The molecule has 1 N–H and O–H groups in total. The Kier molecular flexibility index (Phi) is 6.19. The zero-order valence-electron chi connectivity index (χ0n) is 14.6. The number of nitrogens with one attached hydrogen (secondary N) is 1. The monoisotopic (exact) mass is 365 g/mol. The van der Waals surface area contributed by atoms with Crippen LogP contribution in [0.2, 0.25) is 0 Å². The Morgan fingerprint density at radius 1 is 1.16 bits per heavy atom. The van der Waals surface area contributed by atoms with Crippen molar-refractivity contribution in [1.29, 1.82) is 0 Å². The van der Waals surface area contributed by atoms with Gasteiger partial charge in [0.25, 0.3) is 17.7 Å². The Morgan fingerprint density at radius 2 is 1.80 bits per heavy atom. The molecule has 1 saturated heterocycles. The van der Waals surface area contributed by atoms with Gasteiger partial charge >= 0.3 is 0 Å². The van der Waals surface area contributed by atoms with Crippen molar-refractivity contribution in [2.45, 2.75) is 19.3 Å². The lowest BCUT2D eigenvalue weighted by Crippen LogP contribution is -2.39. The molecule has 2 aliphatic rings. The number of carbonyl (C=O) groups excluding carboxylic acids is 3. The first-order valence-electron chi connectivity index (χ1n) is 8.43. The molecule has 0 atom stereocenters. The van der Waals surface area contributed by atoms with Crippen molar-refractivity contribution in [1.82, 2.24) is 15.1 Å². The van der Waals surface area contributed by atoms with E-state index in [2.05, 4.69) is 5.32 Å². The maximum atomic E-state index is 12.7. The van der Waals surface area contributed by atoms with Gasteiger partial charge in [-0.05, 0) is 57.0 Å². The summed E-state index contributed by atoms with van der Waals surface area (Å²) < 4.78 is 0. The van der Waals surface area contributed by atoms with Gasteiger partial charge in [0.1, 0.15) is 0 Å². The van der Waals surface area contributed by atoms with E-state index >= 15 is 0 Å². The van der Waals surface area contributed by atoms with Crippen molar-refractivity contribution < 1.29 is 14.4 Å². The minimum atomic E-state index is -0.338. The second kappa shape index (κ2) is 7.97. The fourth-order valence-corrected chi connectivity index (χ4v) is 3.45.